The minimum absolute atomic E-state index is 0.438. The first-order valence-corrected chi connectivity index (χ1v) is 7.76. The van der Waals surface area contributed by atoms with Gasteiger partial charge in [-0.2, -0.15) is 0 Å². The van der Waals surface area contributed by atoms with Gasteiger partial charge in [-0.15, -0.1) is 0 Å². The molecular formula is C14H11BrCl3NO. The van der Waals surface area contributed by atoms with Gasteiger partial charge in [0.25, 0.3) is 0 Å². The van der Waals surface area contributed by atoms with Gasteiger partial charge in [0.15, 0.2) is 0 Å². The van der Waals surface area contributed by atoms with Gasteiger partial charge in [0.05, 0.1) is 20.8 Å². The second kappa shape index (κ2) is 7.41. The highest BCUT2D eigenvalue weighted by atomic mass is 79.9. The van der Waals surface area contributed by atoms with Crippen molar-refractivity contribution in [3.05, 3.63) is 55.9 Å². The molecule has 0 saturated heterocycles. The highest BCUT2D eigenvalue weighted by molar-refractivity contribution is 9.10. The molecule has 0 spiro atoms. The molecule has 0 atom stereocenters. The van der Waals surface area contributed by atoms with Crippen LogP contribution in [0.3, 0.4) is 0 Å². The Labute approximate surface area is 141 Å². The van der Waals surface area contributed by atoms with Crippen LogP contribution < -0.4 is 10.1 Å². The molecule has 20 heavy (non-hydrogen) atoms. The average Bonchev–Trinajstić information content (AvgIpc) is 2.40. The van der Waals surface area contributed by atoms with Crippen LogP contribution in [0.2, 0.25) is 15.1 Å². The summed E-state index contributed by atoms with van der Waals surface area (Å²) in [6.45, 7) is 1.11. The lowest BCUT2D eigenvalue weighted by molar-refractivity contribution is 0.332. The molecule has 0 fully saturated rings. The van der Waals surface area contributed by atoms with E-state index in [2.05, 4.69) is 21.2 Å². The highest BCUT2D eigenvalue weighted by Gasteiger charge is 2.05. The predicted molar refractivity (Wildman–Crippen MR) is 89.6 cm³/mol. The molecule has 0 bridgehead atoms. The number of benzene rings is 2. The van der Waals surface area contributed by atoms with Crippen LogP contribution in [-0.4, -0.2) is 13.2 Å². The molecule has 0 heterocycles. The zero-order chi connectivity index (χ0) is 14.5. The molecule has 2 aromatic carbocycles. The number of nitrogens with one attached hydrogen (secondary N) is 1. The van der Waals surface area contributed by atoms with Gasteiger partial charge in [0.2, 0.25) is 0 Å². The van der Waals surface area contributed by atoms with Crippen LogP contribution in [0, 0.1) is 0 Å². The Morgan fingerprint density at radius 3 is 2.50 bits per heavy atom. The Bertz CT molecular complexity index is 607. The van der Waals surface area contributed by atoms with Crippen LogP contribution in [0.15, 0.2) is 40.9 Å². The number of hydrogen-bond donors (Lipinski definition) is 1. The van der Waals surface area contributed by atoms with Crippen LogP contribution in [0.25, 0.3) is 0 Å². The Hall–Kier alpha value is -0.610. The van der Waals surface area contributed by atoms with Crippen molar-refractivity contribution >= 4 is 56.4 Å². The second-order valence-electron chi connectivity index (χ2n) is 3.98. The van der Waals surface area contributed by atoms with Gasteiger partial charge in [-0.1, -0.05) is 56.8 Å². The average molecular weight is 396 g/mol. The largest absolute Gasteiger partial charge is 0.492 e. The maximum Gasteiger partial charge on any atom is 0.120 e. The van der Waals surface area contributed by atoms with E-state index >= 15 is 0 Å². The van der Waals surface area contributed by atoms with E-state index in [0.29, 0.717) is 28.2 Å². The van der Waals surface area contributed by atoms with Gasteiger partial charge in [0.1, 0.15) is 12.4 Å². The summed E-state index contributed by atoms with van der Waals surface area (Å²) < 4.78 is 6.59. The van der Waals surface area contributed by atoms with E-state index in [1.165, 1.54) is 0 Å². The zero-order valence-electron chi connectivity index (χ0n) is 10.3. The van der Waals surface area contributed by atoms with Gasteiger partial charge in [0, 0.05) is 11.0 Å². The summed E-state index contributed by atoms with van der Waals surface area (Å²) in [7, 11) is 0. The van der Waals surface area contributed by atoms with Crippen LogP contribution in [0.5, 0.6) is 5.75 Å². The Morgan fingerprint density at radius 2 is 1.75 bits per heavy atom. The topological polar surface area (TPSA) is 21.3 Å². The summed E-state index contributed by atoms with van der Waals surface area (Å²) >= 11 is 21.3. The summed E-state index contributed by atoms with van der Waals surface area (Å²) in [5.74, 6) is 0.807. The first-order valence-electron chi connectivity index (χ1n) is 5.83. The van der Waals surface area contributed by atoms with Gasteiger partial charge in [-0.05, 0) is 30.3 Å². The van der Waals surface area contributed by atoms with Crippen molar-refractivity contribution in [2.75, 3.05) is 18.5 Å². The predicted octanol–water partition coefficient (Wildman–Crippen LogP) is 5.90. The molecule has 0 aliphatic heterocycles. The van der Waals surface area contributed by atoms with E-state index in [0.717, 1.165) is 15.9 Å². The fourth-order valence-corrected chi connectivity index (χ4v) is 2.56. The Balaban J connectivity index is 1.86. The fraction of sp³-hybridized carbons (Fsp3) is 0.143. The van der Waals surface area contributed by atoms with Crippen molar-refractivity contribution in [3.63, 3.8) is 0 Å². The van der Waals surface area contributed by atoms with Gasteiger partial charge in [-0.25, -0.2) is 0 Å². The minimum atomic E-state index is 0.438. The molecule has 0 aromatic heterocycles. The van der Waals surface area contributed by atoms with E-state index in [4.69, 9.17) is 39.5 Å². The maximum atomic E-state index is 6.07. The molecule has 0 radical (unpaired) electrons. The first kappa shape index (κ1) is 15.8. The Morgan fingerprint density at radius 1 is 1.00 bits per heavy atom. The molecular weight excluding hydrogens is 384 g/mol. The standard InChI is InChI=1S/C14H11BrCl3NO/c15-9-2-1-3-10(6-9)20-5-4-19-14-8-12(17)11(16)7-13(14)18/h1-3,6-8,19H,4-5H2. The zero-order valence-corrected chi connectivity index (χ0v) is 14.2. The summed E-state index contributed by atoms with van der Waals surface area (Å²) in [4.78, 5) is 0. The molecule has 0 aliphatic carbocycles. The lowest BCUT2D eigenvalue weighted by atomic mass is 10.3. The molecule has 0 saturated carbocycles. The third kappa shape index (κ3) is 4.45. The Kier molecular flexibility index (Phi) is 5.85. The van der Waals surface area contributed by atoms with Crippen LogP contribution in [0.1, 0.15) is 0 Å². The second-order valence-corrected chi connectivity index (χ2v) is 6.12. The quantitative estimate of drug-likeness (QED) is 0.503. The number of hydrogen-bond acceptors (Lipinski definition) is 2. The molecule has 0 amide bonds. The van der Waals surface area contributed by atoms with Crippen molar-refractivity contribution in [3.8, 4) is 5.75 Å². The van der Waals surface area contributed by atoms with Crippen molar-refractivity contribution < 1.29 is 4.74 Å². The van der Waals surface area contributed by atoms with E-state index in [1.807, 2.05) is 24.3 Å². The summed E-state index contributed by atoms with van der Waals surface area (Å²) in [5.41, 5.74) is 0.735. The summed E-state index contributed by atoms with van der Waals surface area (Å²) in [6, 6.07) is 11.0. The first-order chi connectivity index (χ1) is 9.56. The normalized spacial score (nSPS) is 10.4. The molecule has 0 unspecified atom stereocenters. The molecule has 106 valence electrons. The lowest BCUT2D eigenvalue weighted by Crippen LogP contribution is -2.11. The van der Waals surface area contributed by atoms with Gasteiger partial charge >= 0.3 is 0 Å². The number of anilines is 1. The number of ether oxygens (including phenoxy) is 1. The lowest BCUT2D eigenvalue weighted by Gasteiger charge is -2.11. The van der Waals surface area contributed by atoms with Crippen LogP contribution >= 0.6 is 50.7 Å². The van der Waals surface area contributed by atoms with Crippen molar-refractivity contribution in [2.45, 2.75) is 0 Å². The summed E-state index contributed by atoms with van der Waals surface area (Å²) in [6.07, 6.45) is 0. The van der Waals surface area contributed by atoms with E-state index in [-0.39, 0.29) is 0 Å². The van der Waals surface area contributed by atoms with E-state index < -0.39 is 0 Å². The highest BCUT2D eigenvalue weighted by Crippen LogP contribution is 2.32. The van der Waals surface area contributed by atoms with Crippen LogP contribution in [-0.2, 0) is 0 Å². The monoisotopic (exact) mass is 393 g/mol. The van der Waals surface area contributed by atoms with Gasteiger partial charge < -0.3 is 10.1 Å². The van der Waals surface area contributed by atoms with Crippen molar-refractivity contribution in [1.29, 1.82) is 0 Å². The SMILES string of the molecule is Clc1cc(Cl)c(NCCOc2cccc(Br)c2)cc1Cl. The number of rotatable bonds is 5. The third-order valence-corrected chi connectivity index (χ3v) is 4.02. The molecule has 1 N–H and O–H groups in total. The van der Waals surface area contributed by atoms with Crippen LogP contribution in [0.4, 0.5) is 5.69 Å². The molecule has 2 nitrogen and oxygen atoms in total. The molecule has 2 aromatic rings. The molecule has 6 heteroatoms. The minimum Gasteiger partial charge on any atom is -0.492 e. The maximum absolute atomic E-state index is 6.07. The summed E-state index contributed by atoms with van der Waals surface area (Å²) in [5, 5.41) is 4.59. The smallest absolute Gasteiger partial charge is 0.120 e. The molecule has 0 aliphatic rings. The van der Waals surface area contributed by atoms with E-state index in [9.17, 15) is 0 Å². The number of halogens is 4. The fourth-order valence-electron chi connectivity index (χ4n) is 1.57. The van der Waals surface area contributed by atoms with E-state index in [1.54, 1.807) is 12.1 Å². The van der Waals surface area contributed by atoms with Crippen molar-refractivity contribution in [2.24, 2.45) is 0 Å². The van der Waals surface area contributed by atoms with Crippen molar-refractivity contribution in [1.82, 2.24) is 0 Å². The third-order valence-electron chi connectivity index (χ3n) is 2.49. The molecule has 2 rings (SSSR count). The van der Waals surface area contributed by atoms with Gasteiger partial charge in [-0.3, -0.25) is 0 Å².